The number of ether oxygens (including phenoxy) is 5. The first-order chi connectivity index (χ1) is 25.3. The summed E-state index contributed by atoms with van der Waals surface area (Å²) in [4.78, 5) is 0. The molecule has 0 radical (unpaired) electrons. The van der Waals surface area contributed by atoms with Crippen LogP contribution in [0.1, 0.15) is 37.5 Å². The van der Waals surface area contributed by atoms with E-state index in [9.17, 15) is 0 Å². The highest BCUT2D eigenvalue weighted by atomic mass is 35.5. The number of rotatable bonds is 15. The predicted octanol–water partition coefficient (Wildman–Crippen LogP) is 8.34. The topological polar surface area (TPSA) is 55.4 Å². The minimum absolute atomic E-state index is 0.223. The molecule has 6 rings (SSSR count). The number of benzene rings is 5. The summed E-state index contributed by atoms with van der Waals surface area (Å²) in [7, 11) is -1.27. The summed E-state index contributed by atoms with van der Waals surface area (Å²) in [5.74, 6) is 0. The van der Waals surface area contributed by atoms with Crippen molar-refractivity contribution in [1.29, 1.82) is 0 Å². The molecule has 0 aliphatic carbocycles. The maximum Gasteiger partial charge on any atom is 0.261 e. The number of hydrogen-bond donors (Lipinski definition) is 0. The van der Waals surface area contributed by atoms with E-state index < -0.39 is 39.0 Å². The van der Waals surface area contributed by atoms with E-state index in [0.717, 1.165) is 16.7 Å². The van der Waals surface area contributed by atoms with Crippen LogP contribution in [0.25, 0.3) is 0 Å². The lowest BCUT2D eigenvalue weighted by Crippen LogP contribution is -2.68. The average molecular weight is 737 g/mol. The maximum absolute atomic E-state index is 7.44. The van der Waals surface area contributed by atoms with Crippen molar-refractivity contribution in [2.45, 2.75) is 76.3 Å². The van der Waals surface area contributed by atoms with Gasteiger partial charge >= 0.3 is 0 Å². The van der Waals surface area contributed by atoms with Crippen molar-refractivity contribution in [3.8, 4) is 0 Å². The van der Waals surface area contributed by atoms with Gasteiger partial charge in [0.2, 0.25) is 0 Å². The fourth-order valence-electron chi connectivity index (χ4n) is 7.04. The molecule has 1 saturated heterocycles. The third-order valence-corrected chi connectivity index (χ3v) is 14.9. The van der Waals surface area contributed by atoms with Gasteiger partial charge in [0.15, 0.2) is 6.29 Å². The summed E-state index contributed by atoms with van der Waals surface area (Å²) in [6, 6.07) is 49.2. The largest absolute Gasteiger partial charge is 0.405 e. The number of methoxy groups -OCH3 is 1. The van der Waals surface area contributed by atoms with Crippen LogP contribution < -0.4 is 10.4 Å². The van der Waals surface area contributed by atoms with Crippen LogP contribution in [0.5, 0.6) is 0 Å². The van der Waals surface area contributed by atoms with Crippen molar-refractivity contribution in [2.75, 3.05) is 13.7 Å². The Hall–Kier alpha value is -3.63. The molecule has 0 amide bonds. The SMILES string of the molecule is COC1O[C@H](CO[Si](c2ccccc2)(c2ccccc2)C(C)(C)C)[C@@H](OCc2ccccc2)[C@H](OCc2ccccc2)[C@H]1OCc1ccc(Cl)cc1. The molecule has 6 nitrogen and oxygen atoms in total. The Balaban J connectivity index is 1.38. The molecule has 8 heteroatoms. The molecule has 0 N–H and O–H groups in total. The molecular weight excluding hydrogens is 688 g/mol. The van der Waals surface area contributed by atoms with Crippen molar-refractivity contribution in [2.24, 2.45) is 0 Å². The van der Waals surface area contributed by atoms with Gasteiger partial charge in [-0.1, -0.05) is 166 Å². The summed E-state index contributed by atoms with van der Waals surface area (Å²) in [5, 5.41) is 2.83. The molecule has 0 saturated carbocycles. The smallest absolute Gasteiger partial charge is 0.261 e. The molecule has 1 aliphatic rings. The standard InChI is InChI=1S/C44H49ClO6Si/c1-44(2,3)52(37-21-13-7-14-22-37,38-23-15-8-16-24-38)50-32-39-40(47-29-33-17-9-5-10-18-33)41(48-30-34-19-11-6-12-20-34)42(43(46-4)51-39)49-31-35-25-27-36(45)28-26-35/h5-28,39-43H,29-32H2,1-4H3/t39-,40-,41+,42-,43?/m1/s1. The van der Waals surface area contributed by atoms with Crippen molar-refractivity contribution < 1.29 is 28.1 Å². The van der Waals surface area contributed by atoms with Crippen molar-refractivity contribution in [3.05, 3.63) is 167 Å². The van der Waals surface area contributed by atoms with Gasteiger partial charge in [-0.15, -0.1) is 0 Å². The second kappa shape index (κ2) is 17.9. The molecule has 272 valence electrons. The zero-order chi connectivity index (χ0) is 36.4. The first-order valence-corrected chi connectivity index (χ1v) is 20.2. The minimum Gasteiger partial charge on any atom is -0.405 e. The van der Waals surface area contributed by atoms with Gasteiger partial charge in [-0.3, -0.25) is 0 Å². The minimum atomic E-state index is -2.92. The van der Waals surface area contributed by atoms with Gasteiger partial charge in [-0.2, -0.15) is 0 Å². The van der Waals surface area contributed by atoms with E-state index in [1.807, 2.05) is 60.7 Å². The lowest BCUT2D eigenvalue weighted by molar-refractivity contribution is -0.320. The molecule has 1 fully saturated rings. The molecule has 5 aromatic rings. The third-order valence-electron chi connectivity index (χ3n) is 9.63. The number of hydrogen-bond acceptors (Lipinski definition) is 6. The molecule has 0 spiro atoms. The summed E-state index contributed by atoms with van der Waals surface area (Å²) in [6.07, 6.45) is -3.05. The first kappa shape index (κ1) is 38.1. The summed E-state index contributed by atoms with van der Waals surface area (Å²) >= 11 is 6.19. The van der Waals surface area contributed by atoms with E-state index in [-0.39, 0.29) is 11.6 Å². The highest BCUT2D eigenvalue weighted by Gasteiger charge is 2.53. The van der Waals surface area contributed by atoms with E-state index in [2.05, 4.69) is 106 Å². The fraction of sp³-hybridized carbons (Fsp3) is 0.318. The van der Waals surface area contributed by atoms with Crippen LogP contribution in [0, 0.1) is 0 Å². The average Bonchev–Trinajstić information content (AvgIpc) is 3.17. The Morgan fingerprint density at radius 1 is 0.558 bits per heavy atom. The summed E-state index contributed by atoms with van der Waals surface area (Å²) in [5.41, 5.74) is 3.06. The quantitative estimate of drug-likeness (QED) is 0.101. The van der Waals surface area contributed by atoms with Gasteiger partial charge in [0.05, 0.1) is 26.4 Å². The lowest BCUT2D eigenvalue weighted by Gasteiger charge is -2.48. The fourth-order valence-corrected chi connectivity index (χ4v) is 11.7. The second-order valence-electron chi connectivity index (χ2n) is 14.2. The lowest BCUT2D eigenvalue weighted by atomic mass is 9.98. The van der Waals surface area contributed by atoms with E-state index >= 15 is 0 Å². The van der Waals surface area contributed by atoms with E-state index in [4.69, 9.17) is 39.7 Å². The molecule has 0 bridgehead atoms. The molecule has 0 aromatic heterocycles. The van der Waals surface area contributed by atoms with E-state index in [1.54, 1.807) is 7.11 Å². The Kier molecular flexibility index (Phi) is 13.1. The van der Waals surface area contributed by atoms with E-state index in [1.165, 1.54) is 10.4 Å². The van der Waals surface area contributed by atoms with Gasteiger partial charge in [0, 0.05) is 12.1 Å². The zero-order valence-corrected chi connectivity index (χ0v) is 32.2. The second-order valence-corrected chi connectivity index (χ2v) is 18.9. The van der Waals surface area contributed by atoms with Crippen LogP contribution in [0.15, 0.2) is 146 Å². The molecule has 52 heavy (non-hydrogen) atoms. The van der Waals surface area contributed by atoms with Crippen LogP contribution in [-0.4, -0.2) is 52.7 Å². The molecule has 5 atom stereocenters. The van der Waals surface area contributed by atoms with Gasteiger partial charge in [-0.25, -0.2) is 0 Å². The Labute approximate surface area is 314 Å². The van der Waals surface area contributed by atoms with Gasteiger partial charge in [-0.05, 0) is 44.2 Å². The molecule has 5 aromatic carbocycles. The molecule has 1 aliphatic heterocycles. The molecule has 1 heterocycles. The van der Waals surface area contributed by atoms with Crippen LogP contribution in [-0.2, 0) is 47.9 Å². The van der Waals surface area contributed by atoms with Gasteiger partial charge < -0.3 is 28.1 Å². The van der Waals surface area contributed by atoms with Crippen LogP contribution >= 0.6 is 11.6 Å². The van der Waals surface area contributed by atoms with Crippen LogP contribution in [0.3, 0.4) is 0 Å². The zero-order valence-electron chi connectivity index (χ0n) is 30.4. The van der Waals surface area contributed by atoms with Crippen molar-refractivity contribution in [3.63, 3.8) is 0 Å². The monoisotopic (exact) mass is 736 g/mol. The highest BCUT2D eigenvalue weighted by Crippen LogP contribution is 2.38. The summed E-state index contributed by atoms with van der Waals surface area (Å²) in [6.45, 7) is 8.10. The van der Waals surface area contributed by atoms with Crippen molar-refractivity contribution in [1.82, 2.24) is 0 Å². The Bertz CT molecular complexity index is 1730. The van der Waals surface area contributed by atoms with Crippen LogP contribution in [0.2, 0.25) is 10.1 Å². The first-order valence-electron chi connectivity index (χ1n) is 17.9. The third kappa shape index (κ3) is 9.11. The molecular formula is C44H49ClO6Si. The maximum atomic E-state index is 7.44. The Morgan fingerprint density at radius 2 is 0.981 bits per heavy atom. The highest BCUT2D eigenvalue weighted by molar-refractivity contribution is 6.99. The normalized spacial score (nSPS) is 20.8. The van der Waals surface area contributed by atoms with Gasteiger partial charge in [0.1, 0.15) is 24.4 Å². The number of halogens is 1. The van der Waals surface area contributed by atoms with Crippen molar-refractivity contribution >= 4 is 30.3 Å². The van der Waals surface area contributed by atoms with Crippen LogP contribution in [0.4, 0.5) is 0 Å². The predicted molar refractivity (Wildman–Crippen MR) is 209 cm³/mol. The van der Waals surface area contributed by atoms with Gasteiger partial charge in [0.25, 0.3) is 8.32 Å². The molecule has 1 unspecified atom stereocenters. The van der Waals surface area contributed by atoms with E-state index in [0.29, 0.717) is 24.8 Å². The Morgan fingerprint density at radius 3 is 1.44 bits per heavy atom. The summed E-state index contributed by atoms with van der Waals surface area (Å²) < 4.78 is 40.7.